The molecule has 1 heterocycles. The molecule has 1 fully saturated rings. The first-order chi connectivity index (χ1) is 8.00. The van der Waals surface area contributed by atoms with E-state index in [0.29, 0.717) is 5.54 Å². The summed E-state index contributed by atoms with van der Waals surface area (Å²) in [6.45, 7) is 14.7. The topological polar surface area (TPSA) is 15.3 Å². The summed E-state index contributed by atoms with van der Waals surface area (Å²) in [7, 11) is 0. The van der Waals surface area contributed by atoms with Gasteiger partial charge in [0.25, 0.3) is 0 Å². The van der Waals surface area contributed by atoms with E-state index in [1.807, 2.05) is 0 Å². The van der Waals surface area contributed by atoms with Crippen LogP contribution in [0.1, 0.15) is 53.9 Å². The molecule has 1 N–H and O–H groups in total. The van der Waals surface area contributed by atoms with Crippen LogP contribution in [0.4, 0.5) is 0 Å². The van der Waals surface area contributed by atoms with Crippen molar-refractivity contribution in [1.82, 2.24) is 10.2 Å². The molecule has 2 heteroatoms. The van der Waals surface area contributed by atoms with Gasteiger partial charge in [0, 0.05) is 31.2 Å². The van der Waals surface area contributed by atoms with Crippen molar-refractivity contribution in [3.05, 3.63) is 11.6 Å². The van der Waals surface area contributed by atoms with Gasteiger partial charge in [-0.2, -0.15) is 0 Å². The molecule has 0 aromatic heterocycles. The summed E-state index contributed by atoms with van der Waals surface area (Å²) < 4.78 is 0. The van der Waals surface area contributed by atoms with E-state index in [4.69, 9.17) is 0 Å². The molecule has 100 valence electrons. The maximum absolute atomic E-state index is 3.74. The number of rotatable bonds is 5. The van der Waals surface area contributed by atoms with E-state index in [2.05, 4.69) is 50.9 Å². The number of nitrogens with zero attached hydrogens (tertiary/aromatic N) is 1. The fourth-order valence-electron chi connectivity index (χ4n) is 2.49. The summed E-state index contributed by atoms with van der Waals surface area (Å²) in [6, 6.07) is 0.718. The first-order valence-corrected chi connectivity index (χ1v) is 7.13. The van der Waals surface area contributed by atoms with Crippen molar-refractivity contribution in [3.8, 4) is 0 Å². The lowest BCUT2D eigenvalue weighted by atomic mass is 9.92. The van der Waals surface area contributed by atoms with Gasteiger partial charge >= 0.3 is 0 Å². The molecule has 1 rings (SSSR count). The molecular formula is C15H30N2. The number of hydrogen-bond donors (Lipinski definition) is 1. The van der Waals surface area contributed by atoms with Crippen LogP contribution in [0.2, 0.25) is 0 Å². The van der Waals surface area contributed by atoms with E-state index in [9.17, 15) is 0 Å². The highest BCUT2D eigenvalue weighted by Crippen LogP contribution is 2.21. The lowest BCUT2D eigenvalue weighted by Crippen LogP contribution is -2.62. The van der Waals surface area contributed by atoms with E-state index in [1.54, 1.807) is 0 Å². The Morgan fingerprint density at radius 2 is 2.12 bits per heavy atom. The Labute approximate surface area is 107 Å². The summed E-state index contributed by atoms with van der Waals surface area (Å²) >= 11 is 0. The zero-order valence-corrected chi connectivity index (χ0v) is 12.3. The van der Waals surface area contributed by atoms with Crippen LogP contribution in [-0.2, 0) is 0 Å². The maximum atomic E-state index is 3.74. The maximum Gasteiger partial charge on any atom is 0.0278 e. The second kappa shape index (κ2) is 6.55. The van der Waals surface area contributed by atoms with Crippen LogP contribution in [0.15, 0.2) is 11.6 Å². The summed E-state index contributed by atoms with van der Waals surface area (Å²) in [6.07, 6.45) is 6.16. The molecule has 1 aliphatic heterocycles. The first kappa shape index (κ1) is 14.7. The summed E-state index contributed by atoms with van der Waals surface area (Å²) in [5.74, 6) is 0. The van der Waals surface area contributed by atoms with E-state index in [-0.39, 0.29) is 0 Å². The van der Waals surface area contributed by atoms with E-state index < -0.39 is 0 Å². The van der Waals surface area contributed by atoms with E-state index >= 15 is 0 Å². The normalized spacial score (nSPS) is 30.3. The van der Waals surface area contributed by atoms with Crippen molar-refractivity contribution >= 4 is 0 Å². The second-order valence-corrected chi connectivity index (χ2v) is 5.95. The fourth-order valence-corrected chi connectivity index (χ4v) is 2.49. The lowest BCUT2D eigenvalue weighted by Gasteiger charge is -2.46. The SMILES string of the molecule is CCCC1CNC(C)(CC)CN1CC=C(C)C. The predicted octanol–water partition coefficient (Wildman–Crippen LogP) is 3.20. The van der Waals surface area contributed by atoms with Crippen molar-refractivity contribution in [1.29, 1.82) is 0 Å². The van der Waals surface area contributed by atoms with E-state index in [1.165, 1.54) is 31.4 Å². The van der Waals surface area contributed by atoms with Crippen LogP contribution >= 0.6 is 0 Å². The minimum absolute atomic E-state index is 0.305. The molecule has 17 heavy (non-hydrogen) atoms. The van der Waals surface area contributed by atoms with Crippen LogP contribution in [-0.4, -0.2) is 36.1 Å². The van der Waals surface area contributed by atoms with Crippen molar-refractivity contribution in [2.45, 2.75) is 65.5 Å². The molecule has 0 bridgehead atoms. The molecule has 0 aromatic rings. The van der Waals surface area contributed by atoms with Crippen LogP contribution in [0.3, 0.4) is 0 Å². The minimum Gasteiger partial charge on any atom is -0.309 e. The van der Waals surface area contributed by atoms with Crippen molar-refractivity contribution in [3.63, 3.8) is 0 Å². The average molecular weight is 238 g/mol. The lowest BCUT2D eigenvalue weighted by molar-refractivity contribution is 0.0900. The third-order valence-electron chi connectivity index (χ3n) is 3.97. The molecule has 0 radical (unpaired) electrons. The molecule has 0 aliphatic carbocycles. The number of piperazine rings is 1. The summed E-state index contributed by atoms with van der Waals surface area (Å²) in [5.41, 5.74) is 1.73. The molecule has 0 amide bonds. The first-order valence-electron chi connectivity index (χ1n) is 7.13. The largest absolute Gasteiger partial charge is 0.309 e. The van der Waals surface area contributed by atoms with Gasteiger partial charge in [0.05, 0.1) is 0 Å². The van der Waals surface area contributed by atoms with Crippen molar-refractivity contribution in [2.24, 2.45) is 0 Å². The number of hydrogen-bond acceptors (Lipinski definition) is 2. The van der Waals surface area contributed by atoms with E-state index in [0.717, 1.165) is 19.1 Å². The average Bonchev–Trinajstić information content (AvgIpc) is 2.30. The van der Waals surface area contributed by atoms with Crippen LogP contribution in [0.5, 0.6) is 0 Å². The van der Waals surface area contributed by atoms with Gasteiger partial charge in [0.1, 0.15) is 0 Å². The van der Waals surface area contributed by atoms with Crippen molar-refractivity contribution in [2.75, 3.05) is 19.6 Å². The summed E-state index contributed by atoms with van der Waals surface area (Å²) in [5, 5.41) is 3.74. The number of nitrogens with one attached hydrogen (secondary N) is 1. The molecule has 1 saturated heterocycles. The Morgan fingerprint density at radius 3 is 2.65 bits per heavy atom. The van der Waals surface area contributed by atoms with Crippen LogP contribution in [0.25, 0.3) is 0 Å². The third-order valence-corrected chi connectivity index (χ3v) is 3.97. The Bertz CT molecular complexity index is 256. The molecule has 1 aliphatic rings. The highest BCUT2D eigenvalue weighted by Gasteiger charge is 2.33. The van der Waals surface area contributed by atoms with Crippen molar-refractivity contribution < 1.29 is 0 Å². The predicted molar refractivity (Wildman–Crippen MR) is 76.4 cm³/mol. The van der Waals surface area contributed by atoms with Gasteiger partial charge in [-0.25, -0.2) is 0 Å². The molecular weight excluding hydrogens is 208 g/mol. The Hall–Kier alpha value is -0.340. The number of allylic oxidation sites excluding steroid dienone is 1. The third kappa shape index (κ3) is 4.44. The smallest absolute Gasteiger partial charge is 0.0278 e. The monoisotopic (exact) mass is 238 g/mol. The quantitative estimate of drug-likeness (QED) is 0.740. The zero-order chi connectivity index (χ0) is 12.9. The summed E-state index contributed by atoms with van der Waals surface area (Å²) in [4.78, 5) is 2.66. The fraction of sp³-hybridized carbons (Fsp3) is 0.867. The van der Waals surface area contributed by atoms with Gasteiger partial charge in [-0.15, -0.1) is 0 Å². The standard InChI is InChI=1S/C15H30N2/c1-6-8-14-11-16-15(5,7-2)12-17(14)10-9-13(3)4/h9,14,16H,6-8,10-12H2,1-5H3. The molecule has 2 unspecified atom stereocenters. The highest BCUT2D eigenvalue weighted by molar-refractivity contribution is 5.00. The highest BCUT2D eigenvalue weighted by atomic mass is 15.2. The van der Waals surface area contributed by atoms with Gasteiger partial charge in [-0.3, -0.25) is 4.90 Å². The molecule has 2 atom stereocenters. The molecule has 0 aromatic carbocycles. The van der Waals surface area contributed by atoms with Gasteiger partial charge in [-0.05, 0) is 33.6 Å². The minimum atomic E-state index is 0.305. The molecule has 0 saturated carbocycles. The Kier molecular flexibility index (Phi) is 5.68. The van der Waals surface area contributed by atoms with Crippen LogP contribution in [0, 0.1) is 0 Å². The van der Waals surface area contributed by atoms with Gasteiger partial charge in [-0.1, -0.05) is 31.9 Å². The molecule has 0 spiro atoms. The van der Waals surface area contributed by atoms with Gasteiger partial charge in [0.2, 0.25) is 0 Å². The van der Waals surface area contributed by atoms with Gasteiger partial charge in [0.15, 0.2) is 0 Å². The Balaban J connectivity index is 2.65. The van der Waals surface area contributed by atoms with Gasteiger partial charge < -0.3 is 5.32 Å². The molecule has 2 nitrogen and oxygen atoms in total. The second-order valence-electron chi connectivity index (χ2n) is 5.95. The van der Waals surface area contributed by atoms with Crippen LogP contribution < -0.4 is 5.32 Å². The zero-order valence-electron chi connectivity index (χ0n) is 12.3. The Morgan fingerprint density at radius 1 is 1.41 bits per heavy atom.